The Labute approximate surface area is 116 Å². The summed E-state index contributed by atoms with van der Waals surface area (Å²) in [4.78, 5) is 27.2. The third-order valence-corrected chi connectivity index (χ3v) is 3.02. The molecule has 1 aromatic carbocycles. The van der Waals surface area contributed by atoms with Crippen molar-refractivity contribution >= 4 is 22.8 Å². The highest BCUT2D eigenvalue weighted by Crippen LogP contribution is 2.20. The van der Waals surface area contributed by atoms with Gasteiger partial charge in [0, 0.05) is 11.8 Å². The molecule has 2 rings (SSSR count). The topological polar surface area (TPSA) is 65.5 Å². The SMILES string of the molecule is COC(=O)CCc1cc(C(=O)OC)nc2ccccc12. The maximum absolute atomic E-state index is 11.6. The number of benzene rings is 1. The number of carbonyl (C=O) groups is 2. The number of pyridine rings is 1. The summed E-state index contributed by atoms with van der Waals surface area (Å²) in [6.45, 7) is 0. The van der Waals surface area contributed by atoms with Crippen LogP contribution in [0.5, 0.6) is 0 Å². The van der Waals surface area contributed by atoms with Crippen LogP contribution in [0, 0.1) is 0 Å². The second-order valence-electron chi connectivity index (χ2n) is 4.25. The summed E-state index contributed by atoms with van der Waals surface area (Å²) >= 11 is 0. The molecule has 0 fully saturated rings. The number of nitrogens with zero attached hydrogens (tertiary/aromatic N) is 1. The molecule has 0 aliphatic heterocycles. The first kappa shape index (κ1) is 14.0. The van der Waals surface area contributed by atoms with Crippen molar-refractivity contribution in [2.45, 2.75) is 12.8 Å². The molecule has 0 amide bonds. The quantitative estimate of drug-likeness (QED) is 0.798. The van der Waals surface area contributed by atoms with Gasteiger partial charge in [-0.2, -0.15) is 0 Å². The number of aromatic nitrogens is 1. The van der Waals surface area contributed by atoms with Crippen LogP contribution in [0.4, 0.5) is 0 Å². The van der Waals surface area contributed by atoms with Gasteiger partial charge < -0.3 is 9.47 Å². The van der Waals surface area contributed by atoms with E-state index in [1.54, 1.807) is 6.07 Å². The first-order valence-electron chi connectivity index (χ1n) is 6.19. The van der Waals surface area contributed by atoms with Crippen LogP contribution in [-0.4, -0.2) is 31.1 Å². The van der Waals surface area contributed by atoms with E-state index in [-0.39, 0.29) is 18.1 Å². The number of aryl methyl sites for hydroxylation is 1. The molecule has 0 N–H and O–H groups in total. The third kappa shape index (κ3) is 2.93. The Morgan fingerprint density at radius 2 is 1.90 bits per heavy atom. The molecule has 0 radical (unpaired) electrons. The minimum Gasteiger partial charge on any atom is -0.469 e. The summed E-state index contributed by atoms with van der Waals surface area (Å²) in [6, 6.07) is 9.14. The van der Waals surface area contributed by atoms with E-state index in [0.29, 0.717) is 11.9 Å². The standard InChI is InChI=1S/C15H15NO4/c1-19-14(17)8-7-10-9-13(15(18)20-2)16-12-6-4-3-5-11(10)12/h3-6,9H,7-8H2,1-2H3. The van der Waals surface area contributed by atoms with E-state index >= 15 is 0 Å². The molecule has 0 spiro atoms. The zero-order chi connectivity index (χ0) is 14.5. The second kappa shape index (κ2) is 6.14. The minimum absolute atomic E-state index is 0.242. The van der Waals surface area contributed by atoms with Crippen molar-refractivity contribution < 1.29 is 19.1 Å². The highest BCUT2D eigenvalue weighted by molar-refractivity contribution is 5.92. The van der Waals surface area contributed by atoms with Crippen LogP contribution in [0.15, 0.2) is 30.3 Å². The molecular weight excluding hydrogens is 258 g/mol. The smallest absolute Gasteiger partial charge is 0.356 e. The number of rotatable bonds is 4. The van der Waals surface area contributed by atoms with Crippen molar-refractivity contribution in [2.75, 3.05) is 14.2 Å². The molecule has 0 saturated heterocycles. The van der Waals surface area contributed by atoms with Crippen molar-refractivity contribution in [1.29, 1.82) is 0 Å². The molecule has 104 valence electrons. The molecule has 0 aliphatic rings. The summed E-state index contributed by atoms with van der Waals surface area (Å²) in [5.74, 6) is -0.777. The number of para-hydroxylation sites is 1. The van der Waals surface area contributed by atoms with Gasteiger partial charge in [-0.3, -0.25) is 4.79 Å². The summed E-state index contributed by atoms with van der Waals surface area (Å²) in [5.41, 5.74) is 1.82. The van der Waals surface area contributed by atoms with Crippen molar-refractivity contribution in [3.05, 3.63) is 41.6 Å². The largest absolute Gasteiger partial charge is 0.469 e. The van der Waals surface area contributed by atoms with E-state index < -0.39 is 5.97 Å². The van der Waals surface area contributed by atoms with Crippen LogP contribution in [-0.2, 0) is 20.7 Å². The summed E-state index contributed by atoms with van der Waals surface area (Å²) in [6.07, 6.45) is 0.741. The normalized spacial score (nSPS) is 10.3. The van der Waals surface area contributed by atoms with E-state index in [1.165, 1.54) is 14.2 Å². The Bertz CT molecular complexity index is 651. The molecule has 5 nitrogen and oxygen atoms in total. The lowest BCUT2D eigenvalue weighted by Crippen LogP contribution is -2.07. The molecule has 1 heterocycles. The van der Waals surface area contributed by atoms with Gasteiger partial charge in [-0.25, -0.2) is 9.78 Å². The number of fused-ring (bicyclic) bond motifs is 1. The van der Waals surface area contributed by atoms with Gasteiger partial charge in [0.1, 0.15) is 5.69 Å². The molecule has 0 bridgehead atoms. The molecular formula is C15H15NO4. The molecule has 1 aromatic heterocycles. The number of esters is 2. The Kier molecular flexibility index (Phi) is 4.30. The van der Waals surface area contributed by atoms with E-state index in [4.69, 9.17) is 4.74 Å². The Hall–Kier alpha value is -2.43. The third-order valence-electron chi connectivity index (χ3n) is 3.02. The van der Waals surface area contributed by atoms with E-state index in [9.17, 15) is 9.59 Å². The average Bonchev–Trinajstić information content (AvgIpc) is 2.50. The highest BCUT2D eigenvalue weighted by atomic mass is 16.5. The fraction of sp³-hybridized carbons (Fsp3) is 0.267. The highest BCUT2D eigenvalue weighted by Gasteiger charge is 2.13. The van der Waals surface area contributed by atoms with Gasteiger partial charge >= 0.3 is 11.9 Å². The molecule has 0 aliphatic carbocycles. The van der Waals surface area contributed by atoms with Gasteiger partial charge in [0.05, 0.1) is 19.7 Å². The minimum atomic E-state index is -0.491. The molecule has 0 unspecified atom stereocenters. The van der Waals surface area contributed by atoms with E-state index in [0.717, 1.165) is 10.9 Å². The zero-order valence-corrected chi connectivity index (χ0v) is 11.4. The van der Waals surface area contributed by atoms with Gasteiger partial charge in [0.25, 0.3) is 0 Å². The van der Waals surface area contributed by atoms with E-state index in [2.05, 4.69) is 9.72 Å². The lowest BCUT2D eigenvalue weighted by atomic mass is 10.0. The van der Waals surface area contributed by atoms with Crippen LogP contribution in [0.25, 0.3) is 10.9 Å². The Morgan fingerprint density at radius 3 is 2.60 bits per heavy atom. The Morgan fingerprint density at radius 1 is 1.15 bits per heavy atom. The second-order valence-corrected chi connectivity index (χ2v) is 4.25. The van der Waals surface area contributed by atoms with Gasteiger partial charge in [-0.1, -0.05) is 18.2 Å². The monoisotopic (exact) mass is 273 g/mol. The average molecular weight is 273 g/mol. The van der Waals surface area contributed by atoms with Crippen LogP contribution in [0.3, 0.4) is 0 Å². The lowest BCUT2D eigenvalue weighted by Gasteiger charge is -2.08. The summed E-state index contributed by atoms with van der Waals surface area (Å²) < 4.78 is 9.33. The van der Waals surface area contributed by atoms with Gasteiger partial charge in [-0.05, 0) is 24.1 Å². The van der Waals surface area contributed by atoms with Gasteiger partial charge in [0.15, 0.2) is 0 Å². The molecule has 5 heteroatoms. The van der Waals surface area contributed by atoms with Crippen LogP contribution in [0.1, 0.15) is 22.5 Å². The summed E-state index contributed by atoms with van der Waals surface area (Å²) in [7, 11) is 2.67. The van der Waals surface area contributed by atoms with Crippen LogP contribution < -0.4 is 0 Å². The predicted octanol–water partition coefficient (Wildman–Crippen LogP) is 2.13. The Balaban J connectivity index is 2.44. The molecule has 2 aromatic rings. The van der Waals surface area contributed by atoms with Crippen molar-refractivity contribution in [1.82, 2.24) is 4.98 Å². The van der Waals surface area contributed by atoms with Crippen LogP contribution in [0.2, 0.25) is 0 Å². The fourth-order valence-corrected chi connectivity index (χ4v) is 2.00. The van der Waals surface area contributed by atoms with Gasteiger partial charge in [0.2, 0.25) is 0 Å². The lowest BCUT2D eigenvalue weighted by molar-refractivity contribution is -0.140. The fourth-order valence-electron chi connectivity index (χ4n) is 2.00. The number of carbonyl (C=O) groups excluding carboxylic acids is 2. The maximum Gasteiger partial charge on any atom is 0.356 e. The molecule has 20 heavy (non-hydrogen) atoms. The first-order chi connectivity index (χ1) is 9.65. The molecule has 0 atom stereocenters. The van der Waals surface area contributed by atoms with Crippen molar-refractivity contribution in [3.8, 4) is 0 Å². The zero-order valence-electron chi connectivity index (χ0n) is 11.4. The number of hydrogen-bond acceptors (Lipinski definition) is 5. The number of hydrogen-bond donors (Lipinski definition) is 0. The first-order valence-corrected chi connectivity index (χ1v) is 6.19. The maximum atomic E-state index is 11.6. The predicted molar refractivity (Wildman–Crippen MR) is 73.4 cm³/mol. The van der Waals surface area contributed by atoms with E-state index in [1.807, 2.05) is 24.3 Å². The summed E-state index contributed by atoms with van der Waals surface area (Å²) in [5, 5.41) is 0.920. The van der Waals surface area contributed by atoms with Crippen LogP contribution >= 0.6 is 0 Å². The van der Waals surface area contributed by atoms with Crippen molar-refractivity contribution in [2.24, 2.45) is 0 Å². The van der Waals surface area contributed by atoms with Gasteiger partial charge in [-0.15, -0.1) is 0 Å². The number of ether oxygens (including phenoxy) is 2. The van der Waals surface area contributed by atoms with Crippen molar-refractivity contribution in [3.63, 3.8) is 0 Å². The number of methoxy groups -OCH3 is 2. The molecule has 0 saturated carbocycles.